The maximum absolute atomic E-state index is 13.1. The quantitative estimate of drug-likeness (QED) is 0.344. The Morgan fingerprint density at radius 2 is 2.05 bits per heavy atom. The van der Waals surface area contributed by atoms with Crippen LogP contribution < -0.4 is 10.6 Å². The average Bonchev–Trinajstić information content (AvgIpc) is 3.72. The molecule has 6 heterocycles. The number of pyridine rings is 2. The van der Waals surface area contributed by atoms with Crippen molar-refractivity contribution in [1.29, 1.82) is 0 Å². The zero-order chi connectivity index (χ0) is 26.7. The van der Waals surface area contributed by atoms with E-state index in [1.807, 2.05) is 31.4 Å². The van der Waals surface area contributed by atoms with Crippen LogP contribution >= 0.6 is 0 Å². The van der Waals surface area contributed by atoms with Crippen LogP contribution in [-0.4, -0.2) is 57.1 Å². The second-order valence-electron chi connectivity index (χ2n) is 10.7. The van der Waals surface area contributed by atoms with Gasteiger partial charge in [0, 0.05) is 49.8 Å². The smallest absolute Gasteiger partial charge is 0.254 e. The molecule has 5 aromatic rings. The summed E-state index contributed by atoms with van der Waals surface area (Å²) in [5.74, 6) is 1.02. The van der Waals surface area contributed by atoms with Crippen molar-refractivity contribution in [3.05, 3.63) is 77.2 Å². The Bertz CT molecular complexity index is 1740. The van der Waals surface area contributed by atoms with E-state index in [9.17, 15) is 4.79 Å². The Hall–Kier alpha value is -4.21. The molecular weight excluding hydrogens is 490 g/mol. The van der Waals surface area contributed by atoms with Crippen LogP contribution in [0.25, 0.3) is 27.9 Å². The lowest BCUT2D eigenvalue weighted by Gasteiger charge is -2.19. The molecule has 1 fully saturated rings. The van der Waals surface area contributed by atoms with Gasteiger partial charge in [0.1, 0.15) is 17.1 Å². The average molecular weight is 522 g/mol. The number of benzene rings is 1. The van der Waals surface area contributed by atoms with Crippen LogP contribution in [0.2, 0.25) is 0 Å². The third kappa shape index (κ3) is 3.97. The Kier molecular flexibility index (Phi) is 5.64. The Morgan fingerprint density at radius 3 is 2.87 bits per heavy atom. The molecule has 0 saturated carbocycles. The summed E-state index contributed by atoms with van der Waals surface area (Å²) in [7, 11) is 6.14. The van der Waals surface area contributed by atoms with E-state index in [1.54, 1.807) is 0 Å². The van der Waals surface area contributed by atoms with Crippen molar-refractivity contribution in [3.8, 4) is 11.3 Å². The van der Waals surface area contributed by atoms with Gasteiger partial charge in [-0.25, -0.2) is 9.97 Å². The van der Waals surface area contributed by atoms with Gasteiger partial charge in [-0.15, -0.1) is 0 Å². The summed E-state index contributed by atoms with van der Waals surface area (Å²) in [6.45, 7) is 2.74. The first-order valence-corrected chi connectivity index (χ1v) is 13.3. The number of carbonyl (C=O) groups is 1. The van der Waals surface area contributed by atoms with Gasteiger partial charge in [0.2, 0.25) is 0 Å². The van der Waals surface area contributed by atoms with Crippen LogP contribution in [-0.2, 0) is 24.9 Å². The predicted molar refractivity (Wildman–Crippen MR) is 151 cm³/mol. The molecule has 198 valence electrons. The number of hydrogen-bond acceptors (Lipinski definition) is 6. The minimum atomic E-state index is -0.0829. The fourth-order valence-electron chi connectivity index (χ4n) is 6.01. The second-order valence-corrected chi connectivity index (χ2v) is 10.7. The van der Waals surface area contributed by atoms with Crippen LogP contribution in [0.15, 0.2) is 54.9 Å². The van der Waals surface area contributed by atoms with Gasteiger partial charge in [-0.3, -0.25) is 9.20 Å². The fraction of sp³-hybridized carbons (Fsp3) is 0.300. The largest absolute Gasteiger partial charge is 0.381 e. The molecule has 2 aliphatic rings. The first-order chi connectivity index (χ1) is 19.0. The molecule has 0 spiro atoms. The van der Waals surface area contributed by atoms with E-state index in [4.69, 9.17) is 9.72 Å². The molecule has 1 unspecified atom stereocenters. The fourth-order valence-corrected chi connectivity index (χ4v) is 6.01. The first kappa shape index (κ1) is 23.9. The van der Waals surface area contributed by atoms with Crippen LogP contribution in [0.1, 0.15) is 39.5 Å². The van der Waals surface area contributed by atoms with Crippen molar-refractivity contribution in [2.45, 2.75) is 25.4 Å². The number of rotatable bonds is 6. The van der Waals surface area contributed by atoms with E-state index in [0.717, 1.165) is 76.9 Å². The lowest BCUT2D eigenvalue weighted by atomic mass is 9.96. The number of aromatic nitrogens is 4. The van der Waals surface area contributed by atoms with Crippen LogP contribution in [0.3, 0.4) is 0 Å². The maximum Gasteiger partial charge on any atom is 0.254 e. The van der Waals surface area contributed by atoms with Crippen molar-refractivity contribution in [2.24, 2.45) is 7.05 Å². The summed E-state index contributed by atoms with van der Waals surface area (Å²) < 4.78 is 9.92. The molecule has 9 heteroatoms. The molecule has 1 amide bonds. The number of ether oxygens (including phenoxy) is 1. The third-order valence-electron chi connectivity index (χ3n) is 7.83. The maximum atomic E-state index is 13.1. The van der Waals surface area contributed by atoms with Crippen LogP contribution in [0, 0.1) is 0 Å². The Balaban J connectivity index is 1.30. The number of hydrogen-bond donors (Lipinski definition) is 2. The van der Waals surface area contributed by atoms with Crippen LogP contribution in [0.4, 0.5) is 11.5 Å². The van der Waals surface area contributed by atoms with Gasteiger partial charge in [0.05, 0.1) is 35.4 Å². The molecule has 1 aromatic carbocycles. The highest BCUT2D eigenvalue weighted by Crippen LogP contribution is 2.37. The van der Waals surface area contributed by atoms with Gasteiger partial charge in [0.15, 0.2) is 0 Å². The summed E-state index contributed by atoms with van der Waals surface area (Å²) in [5.41, 5.74) is 8.55. The molecular formula is C30H31N7O2. The van der Waals surface area contributed by atoms with Crippen molar-refractivity contribution in [2.75, 3.05) is 32.6 Å². The highest BCUT2D eigenvalue weighted by Gasteiger charge is 2.28. The van der Waals surface area contributed by atoms with Gasteiger partial charge >= 0.3 is 0 Å². The predicted octanol–water partition coefficient (Wildman–Crippen LogP) is 4.44. The zero-order valence-corrected chi connectivity index (χ0v) is 22.4. The molecule has 39 heavy (non-hydrogen) atoms. The number of nitrogens with zero attached hydrogens (tertiary/aromatic N) is 5. The highest BCUT2D eigenvalue weighted by atomic mass is 16.5. The summed E-state index contributed by atoms with van der Waals surface area (Å²) >= 11 is 0. The monoisotopic (exact) mass is 521 g/mol. The molecule has 1 atom stereocenters. The molecule has 7 rings (SSSR count). The first-order valence-electron chi connectivity index (χ1n) is 13.3. The topological polar surface area (TPSA) is 88.7 Å². The highest BCUT2D eigenvalue weighted by molar-refractivity contribution is 6.06. The SMILES string of the molecule is CN(C)Cc1nc(Nc2ccc(-c3cnc4ccc5ccn(C)c5n34)c3c2C(=O)NC3)ccc1C1CCOC1. The van der Waals surface area contributed by atoms with Gasteiger partial charge in [0.25, 0.3) is 5.91 Å². The molecule has 0 bridgehead atoms. The van der Waals surface area contributed by atoms with Crippen molar-refractivity contribution in [3.63, 3.8) is 0 Å². The van der Waals surface area contributed by atoms with Gasteiger partial charge in [-0.05, 0) is 62.0 Å². The van der Waals surface area contributed by atoms with Gasteiger partial charge in [-0.2, -0.15) is 0 Å². The third-order valence-corrected chi connectivity index (χ3v) is 7.83. The van der Waals surface area contributed by atoms with E-state index in [-0.39, 0.29) is 5.91 Å². The van der Waals surface area contributed by atoms with Crippen LogP contribution in [0.5, 0.6) is 0 Å². The molecule has 1 saturated heterocycles. The number of anilines is 2. The summed E-state index contributed by atoms with van der Waals surface area (Å²) in [5, 5.41) is 7.64. The van der Waals surface area contributed by atoms with Gasteiger partial charge < -0.3 is 24.8 Å². The molecule has 0 aliphatic carbocycles. The number of imidazole rings is 1. The van der Waals surface area contributed by atoms with E-state index < -0.39 is 0 Å². The van der Waals surface area contributed by atoms with Crippen molar-refractivity contribution >= 4 is 34.1 Å². The molecule has 2 aliphatic heterocycles. The number of amides is 1. The zero-order valence-electron chi connectivity index (χ0n) is 22.4. The summed E-state index contributed by atoms with van der Waals surface area (Å²) in [6.07, 6.45) is 4.97. The molecule has 9 nitrogen and oxygen atoms in total. The normalized spacial score (nSPS) is 16.9. The standard InChI is InChI=1S/C30H31N7O2/c1-35(2)16-24-20(19-11-13-39-17-19)6-8-26(34-24)33-23-7-5-21(22-14-32-29(38)28(22)23)25-15-31-27-9-4-18-10-12-36(3)30(18)37(25)27/h4-10,12,15,19H,11,13-14,16-17H2,1-3H3,(H,32,38)(H,33,34). The minimum absolute atomic E-state index is 0.0829. The molecule has 4 aromatic heterocycles. The van der Waals surface area contributed by atoms with Crippen molar-refractivity contribution in [1.82, 2.24) is 29.2 Å². The Labute approximate surface area is 226 Å². The van der Waals surface area contributed by atoms with Crippen molar-refractivity contribution < 1.29 is 9.53 Å². The molecule has 0 radical (unpaired) electrons. The molecule has 2 N–H and O–H groups in total. The number of fused-ring (bicyclic) bond motifs is 4. The Morgan fingerprint density at radius 1 is 1.15 bits per heavy atom. The second kappa shape index (κ2) is 9.21. The number of carbonyl (C=O) groups excluding carboxylic acids is 1. The lowest BCUT2D eigenvalue weighted by Crippen LogP contribution is -2.16. The lowest BCUT2D eigenvalue weighted by molar-refractivity contribution is 0.0966. The number of nitrogens with one attached hydrogen (secondary N) is 2. The van der Waals surface area contributed by atoms with E-state index in [0.29, 0.717) is 18.0 Å². The van der Waals surface area contributed by atoms with E-state index in [1.165, 1.54) is 5.56 Å². The van der Waals surface area contributed by atoms with E-state index >= 15 is 0 Å². The summed E-state index contributed by atoms with van der Waals surface area (Å²) in [4.78, 5) is 24.9. The summed E-state index contributed by atoms with van der Waals surface area (Å²) in [6, 6.07) is 14.5. The minimum Gasteiger partial charge on any atom is -0.381 e. The number of aryl methyl sites for hydroxylation is 1. The van der Waals surface area contributed by atoms with Gasteiger partial charge in [-0.1, -0.05) is 12.1 Å². The van der Waals surface area contributed by atoms with E-state index in [2.05, 4.69) is 74.0 Å².